The zero-order chi connectivity index (χ0) is 14.4. The van der Waals surface area contributed by atoms with Crippen LogP contribution < -0.4 is 5.32 Å². The lowest BCUT2D eigenvalue weighted by Crippen LogP contribution is -2.17. The SMILES string of the molecule is CNC(=O)c1cn(C)c2c(C)cc(C(C)(C)C)cc12. The summed E-state index contributed by atoms with van der Waals surface area (Å²) < 4.78 is 2.03. The molecule has 0 unspecified atom stereocenters. The van der Waals surface area contributed by atoms with Gasteiger partial charge in [-0.2, -0.15) is 0 Å². The van der Waals surface area contributed by atoms with E-state index in [0.29, 0.717) is 0 Å². The molecule has 19 heavy (non-hydrogen) atoms. The number of hydrogen-bond donors (Lipinski definition) is 1. The molecule has 0 aliphatic heterocycles. The Hall–Kier alpha value is -1.77. The predicted molar refractivity (Wildman–Crippen MR) is 79.7 cm³/mol. The molecule has 1 heterocycles. The summed E-state index contributed by atoms with van der Waals surface area (Å²) >= 11 is 0. The van der Waals surface area contributed by atoms with Crippen molar-refractivity contribution in [2.45, 2.75) is 33.1 Å². The van der Waals surface area contributed by atoms with Crippen LogP contribution in [0.1, 0.15) is 42.3 Å². The van der Waals surface area contributed by atoms with Crippen molar-refractivity contribution in [1.82, 2.24) is 9.88 Å². The summed E-state index contributed by atoms with van der Waals surface area (Å²) in [4.78, 5) is 12.0. The number of fused-ring (bicyclic) bond motifs is 1. The Balaban J connectivity index is 2.81. The molecular weight excluding hydrogens is 236 g/mol. The maximum Gasteiger partial charge on any atom is 0.253 e. The number of carbonyl (C=O) groups excluding carboxylic acids is 1. The van der Waals surface area contributed by atoms with Gasteiger partial charge >= 0.3 is 0 Å². The van der Waals surface area contributed by atoms with Gasteiger partial charge in [-0.25, -0.2) is 0 Å². The minimum Gasteiger partial charge on any atom is -0.355 e. The molecule has 102 valence electrons. The highest BCUT2D eigenvalue weighted by molar-refractivity contribution is 6.07. The lowest BCUT2D eigenvalue weighted by atomic mass is 9.85. The summed E-state index contributed by atoms with van der Waals surface area (Å²) in [7, 11) is 3.65. The van der Waals surface area contributed by atoms with Crippen LogP contribution in [0, 0.1) is 6.92 Å². The number of amides is 1. The molecule has 0 saturated carbocycles. The summed E-state index contributed by atoms with van der Waals surface area (Å²) in [5.41, 5.74) is 4.42. The highest BCUT2D eigenvalue weighted by atomic mass is 16.1. The van der Waals surface area contributed by atoms with Gasteiger partial charge in [0.2, 0.25) is 0 Å². The Bertz CT molecular complexity index is 645. The van der Waals surface area contributed by atoms with Crippen LogP contribution in [0.2, 0.25) is 0 Å². The van der Waals surface area contributed by atoms with Crippen LogP contribution in [0.4, 0.5) is 0 Å². The number of hydrogen-bond acceptors (Lipinski definition) is 1. The van der Waals surface area contributed by atoms with Crippen molar-refractivity contribution in [2.24, 2.45) is 7.05 Å². The highest BCUT2D eigenvalue weighted by Gasteiger charge is 2.19. The van der Waals surface area contributed by atoms with E-state index in [4.69, 9.17) is 0 Å². The average Bonchev–Trinajstić information content (AvgIpc) is 2.65. The molecule has 0 aliphatic rings. The van der Waals surface area contributed by atoms with E-state index in [1.54, 1.807) is 7.05 Å². The molecule has 0 fully saturated rings. The predicted octanol–water partition coefficient (Wildman–Crippen LogP) is 3.14. The van der Waals surface area contributed by atoms with Gasteiger partial charge < -0.3 is 9.88 Å². The number of nitrogens with one attached hydrogen (secondary N) is 1. The number of benzene rings is 1. The summed E-state index contributed by atoms with van der Waals surface area (Å²) in [6.07, 6.45) is 1.91. The number of aryl methyl sites for hydroxylation is 2. The number of aromatic nitrogens is 1. The van der Waals surface area contributed by atoms with Crippen LogP contribution >= 0.6 is 0 Å². The molecule has 0 saturated heterocycles. The Kier molecular flexibility index (Phi) is 3.17. The Morgan fingerprint density at radius 2 is 1.89 bits per heavy atom. The quantitative estimate of drug-likeness (QED) is 0.837. The van der Waals surface area contributed by atoms with Crippen LogP contribution in [0.25, 0.3) is 10.9 Å². The lowest BCUT2D eigenvalue weighted by molar-refractivity contribution is 0.0964. The van der Waals surface area contributed by atoms with Crippen molar-refractivity contribution in [3.05, 3.63) is 35.0 Å². The van der Waals surface area contributed by atoms with Crippen LogP contribution in [0.5, 0.6) is 0 Å². The van der Waals surface area contributed by atoms with Gasteiger partial charge in [-0.3, -0.25) is 4.79 Å². The largest absolute Gasteiger partial charge is 0.355 e. The Morgan fingerprint density at radius 3 is 2.42 bits per heavy atom. The van der Waals surface area contributed by atoms with Crippen molar-refractivity contribution in [2.75, 3.05) is 7.05 Å². The number of nitrogens with zero attached hydrogens (tertiary/aromatic N) is 1. The maximum atomic E-state index is 12.0. The first-order valence-electron chi connectivity index (χ1n) is 6.58. The molecule has 1 aromatic carbocycles. The van der Waals surface area contributed by atoms with E-state index in [-0.39, 0.29) is 11.3 Å². The molecule has 0 aliphatic carbocycles. The van der Waals surface area contributed by atoms with E-state index in [0.717, 1.165) is 16.5 Å². The van der Waals surface area contributed by atoms with Crippen molar-refractivity contribution in [1.29, 1.82) is 0 Å². The Morgan fingerprint density at radius 1 is 1.26 bits per heavy atom. The van der Waals surface area contributed by atoms with Crippen molar-refractivity contribution in [3.8, 4) is 0 Å². The molecule has 0 radical (unpaired) electrons. The fourth-order valence-electron chi connectivity index (χ4n) is 2.53. The molecule has 1 aromatic heterocycles. The van der Waals surface area contributed by atoms with Crippen molar-refractivity contribution in [3.63, 3.8) is 0 Å². The standard InChI is InChI=1S/C16H22N2O/c1-10-7-11(16(2,3)4)8-12-13(15(19)17-5)9-18(6)14(10)12/h7-9H,1-6H3,(H,17,19). The number of carbonyl (C=O) groups is 1. The summed E-state index contributed by atoms with van der Waals surface area (Å²) in [6.45, 7) is 8.67. The first kappa shape index (κ1) is 13.7. The van der Waals surface area contributed by atoms with E-state index >= 15 is 0 Å². The Labute approximate surface area is 114 Å². The van der Waals surface area contributed by atoms with Crippen LogP contribution in [-0.2, 0) is 12.5 Å². The summed E-state index contributed by atoms with van der Waals surface area (Å²) in [5.74, 6) is -0.0314. The van der Waals surface area contributed by atoms with E-state index in [1.807, 2.05) is 17.8 Å². The zero-order valence-corrected chi connectivity index (χ0v) is 12.6. The zero-order valence-electron chi connectivity index (χ0n) is 12.6. The second-order valence-corrected chi connectivity index (χ2v) is 6.17. The van der Waals surface area contributed by atoms with E-state index in [1.165, 1.54) is 11.1 Å². The van der Waals surface area contributed by atoms with Crippen molar-refractivity contribution < 1.29 is 4.79 Å². The molecule has 1 amide bonds. The maximum absolute atomic E-state index is 12.0. The van der Waals surface area contributed by atoms with Gasteiger partial charge in [-0.05, 0) is 29.5 Å². The minimum atomic E-state index is -0.0314. The average molecular weight is 258 g/mol. The van der Waals surface area contributed by atoms with Gasteiger partial charge in [-0.1, -0.05) is 26.8 Å². The summed E-state index contributed by atoms with van der Waals surface area (Å²) in [5, 5.41) is 3.75. The second kappa shape index (κ2) is 4.41. The van der Waals surface area contributed by atoms with E-state index < -0.39 is 0 Å². The molecule has 0 bridgehead atoms. The van der Waals surface area contributed by atoms with Crippen molar-refractivity contribution >= 4 is 16.8 Å². The first-order chi connectivity index (χ1) is 8.75. The first-order valence-corrected chi connectivity index (χ1v) is 6.58. The van der Waals surface area contributed by atoms with Gasteiger partial charge in [0.25, 0.3) is 5.91 Å². The smallest absolute Gasteiger partial charge is 0.253 e. The number of rotatable bonds is 1. The monoisotopic (exact) mass is 258 g/mol. The third-order valence-corrected chi connectivity index (χ3v) is 3.60. The van der Waals surface area contributed by atoms with Crippen LogP contribution in [0.15, 0.2) is 18.3 Å². The fourth-order valence-corrected chi connectivity index (χ4v) is 2.53. The van der Waals surface area contributed by atoms with Gasteiger partial charge in [0, 0.05) is 25.7 Å². The molecule has 1 N–H and O–H groups in total. The minimum absolute atomic E-state index is 0.0314. The van der Waals surface area contributed by atoms with E-state index in [9.17, 15) is 4.79 Å². The molecule has 0 atom stereocenters. The van der Waals surface area contributed by atoms with Gasteiger partial charge in [0.1, 0.15) is 0 Å². The fraction of sp³-hybridized carbons (Fsp3) is 0.438. The topological polar surface area (TPSA) is 34.0 Å². The lowest BCUT2D eigenvalue weighted by Gasteiger charge is -2.20. The van der Waals surface area contributed by atoms with Gasteiger partial charge in [0.05, 0.1) is 11.1 Å². The normalized spacial score (nSPS) is 11.9. The third kappa shape index (κ3) is 2.25. The molecule has 3 nitrogen and oxygen atoms in total. The molecule has 2 aromatic rings. The van der Waals surface area contributed by atoms with Gasteiger partial charge in [0.15, 0.2) is 0 Å². The summed E-state index contributed by atoms with van der Waals surface area (Å²) in [6, 6.07) is 4.36. The molecule has 2 rings (SSSR count). The molecular formula is C16H22N2O. The molecule has 0 spiro atoms. The second-order valence-electron chi connectivity index (χ2n) is 6.17. The third-order valence-electron chi connectivity index (χ3n) is 3.60. The molecule has 3 heteroatoms. The van der Waals surface area contributed by atoms with Crippen LogP contribution in [-0.4, -0.2) is 17.5 Å². The van der Waals surface area contributed by atoms with E-state index in [2.05, 4.69) is 45.1 Å². The van der Waals surface area contributed by atoms with Gasteiger partial charge in [-0.15, -0.1) is 0 Å². The highest BCUT2D eigenvalue weighted by Crippen LogP contribution is 2.31. The van der Waals surface area contributed by atoms with Crippen LogP contribution in [0.3, 0.4) is 0 Å².